The first-order chi connectivity index (χ1) is 8.52. The molecule has 0 unspecified atom stereocenters. The molecule has 0 saturated heterocycles. The van der Waals surface area contributed by atoms with E-state index in [2.05, 4.69) is 15.0 Å². The smallest absolute Gasteiger partial charge is 0.309 e. The van der Waals surface area contributed by atoms with E-state index in [4.69, 9.17) is 5.11 Å². The number of hydrogen-bond donors (Lipinski definition) is 2. The zero-order chi connectivity index (χ0) is 13.1. The molecule has 2 aromatic rings. The summed E-state index contributed by atoms with van der Waals surface area (Å²) in [4.78, 5) is 32.6. The van der Waals surface area contributed by atoms with Crippen LogP contribution in [0.25, 0.3) is 0 Å². The van der Waals surface area contributed by atoms with E-state index in [1.807, 2.05) is 0 Å². The van der Waals surface area contributed by atoms with Gasteiger partial charge in [-0.3, -0.25) is 9.59 Å². The lowest BCUT2D eigenvalue weighted by molar-refractivity contribution is -0.136. The predicted molar refractivity (Wildman–Crippen MR) is 67.2 cm³/mol. The Hall–Kier alpha value is -1.67. The van der Waals surface area contributed by atoms with Gasteiger partial charge >= 0.3 is 5.97 Å². The fraction of sp³-hybridized carbons (Fsp3) is 0.200. The molecule has 0 saturated carbocycles. The summed E-state index contributed by atoms with van der Waals surface area (Å²) in [5, 5.41) is 10.9. The minimum absolute atomic E-state index is 0.0983. The van der Waals surface area contributed by atoms with E-state index in [1.54, 1.807) is 12.3 Å². The van der Waals surface area contributed by atoms with Gasteiger partial charge in [-0.05, 0) is 18.7 Å². The van der Waals surface area contributed by atoms with Crippen LogP contribution in [0.1, 0.15) is 11.5 Å². The van der Waals surface area contributed by atoms with Crippen molar-refractivity contribution < 1.29 is 9.90 Å². The van der Waals surface area contributed by atoms with E-state index in [1.165, 1.54) is 29.2 Å². The first-order valence-electron chi connectivity index (χ1n) is 4.95. The summed E-state index contributed by atoms with van der Waals surface area (Å²) < 4.78 is 0.670. The van der Waals surface area contributed by atoms with Crippen LogP contribution < -0.4 is 5.56 Å². The third-order valence-corrected chi connectivity index (χ3v) is 3.80. The number of aromatic amines is 1. The highest BCUT2D eigenvalue weighted by Crippen LogP contribution is 2.28. The predicted octanol–water partition coefficient (Wildman–Crippen LogP) is 1.31. The quantitative estimate of drug-likeness (QED) is 0.821. The van der Waals surface area contributed by atoms with Gasteiger partial charge in [-0.15, -0.1) is 11.3 Å². The molecule has 0 atom stereocenters. The minimum Gasteiger partial charge on any atom is -0.481 e. The fourth-order valence-corrected chi connectivity index (χ4v) is 3.09. The molecule has 94 valence electrons. The van der Waals surface area contributed by atoms with E-state index < -0.39 is 5.97 Å². The van der Waals surface area contributed by atoms with Gasteiger partial charge in [0.25, 0.3) is 5.56 Å². The highest BCUT2D eigenvalue weighted by atomic mass is 32.2. The molecule has 0 aromatic carbocycles. The number of aryl methyl sites for hydroxylation is 1. The van der Waals surface area contributed by atoms with Crippen LogP contribution in [0, 0.1) is 6.92 Å². The maximum Gasteiger partial charge on any atom is 0.309 e. The van der Waals surface area contributed by atoms with Crippen molar-refractivity contribution in [2.45, 2.75) is 22.7 Å². The molecule has 0 amide bonds. The Morgan fingerprint density at radius 1 is 1.56 bits per heavy atom. The van der Waals surface area contributed by atoms with Crippen molar-refractivity contribution in [1.82, 2.24) is 15.0 Å². The Bertz CT molecular complexity index is 635. The molecule has 0 aliphatic heterocycles. The maximum atomic E-state index is 11.2. The number of thiazole rings is 1. The second-order valence-corrected chi connectivity index (χ2v) is 5.57. The lowest BCUT2D eigenvalue weighted by Gasteiger charge is -1.97. The number of nitrogens with zero attached hydrogens (tertiary/aromatic N) is 2. The summed E-state index contributed by atoms with van der Waals surface area (Å²) in [5.74, 6) is -0.380. The van der Waals surface area contributed by atoms with Gasteiger partial charge in [0.2, 0.25) is 0 Å². The van der Waals surface area contributed by atoms with E-state index in [9.17, 15) is 9.59 Å². The van der Waals surface area contributed by atoms with Gasteiger partial charge in [0.15, 0.2) is 4.34 Å². The standard InChI is InChI=1S/C10H9N3O3S2/c1-5-11-7(14)3-8(12-5)18-10-13-6(4-17-10)2-9(15)16/h3-4H,2H2,1H3,(H,15,16)(H,11,12,14). The lowest BCUT2D eigenvalue weighted by atomic mass is 10.3. The molecule has 18 heavy (non-hydrogen) atoms. The first-order valence-corrected chi connectivity index (χ1v) is 6.64. The highest BCUT2D eigenvalue weighted by molar-refractivity contribution is 8.01. The monoisotopic (exact) mass is 283 g/mol. The molecule has 2 heterocycles. The molecule has 0 aliphatic carbocycles. The van der Waals surface area contributed by atoms with Crippen LogP contribution in [0.2, 0.25) is 0 Å². The van der Waals surface area contributed by atoms with Crippen LogP contribution in [-0.4, -0.2) is 26.0 Å². The molecule has 0 spiro atoms. The number of carbonyl (C=O) groups is 1. The fourth-order valence-electron chi connectivity index (χ4n) is 1.27. The number of H-pyrrole nitrogens is 1. The van der Waals surface area contributed by atoms with Crippen LogP contribution in [0.3, 0.4) is 0 Å². The summed E-state index contributed by atoms with van der Waals surface area (Å²) in [6.45, 7) is 1.70. The minimum atomic E-state index is -0.915. The first kappa shape index (κ1) is 12.8. The molecule has 0 fully saturated rings. The second kappa shape index (κ2) is 5.32. The summed E-state index contributed by atoms with van der Waals surface area (Å²) in [5.41, 5.74) is 0.295. The molecule has 0 bridgehead atoms. The lowest BCUT2D eigenvalue weighted by Crippen LogP contribution is -2.07. The van der Waals surface area contributed by atoms with Crippen molar-refractivity contribution in [2.24, 2.45) is 0 Å². The van der Waals surface area contributed by atoms with Gasteiger partial charge in [-0.2, -0.15) is 0 Å². The zero-order valence-electron chi connectivity index (χ0n) is 9.34. The van der Waals surface area contributed by atoms with Gasteiger partial charge in [-0.25, -0.2) is 9.97 Å². The molecule has 0 radical (unpaired) electrons. The summed E-state index contributed by atoms with van der Waals surface area (Å²) >= 11 is 2.58. The Balaban J connectivity index is 2.16. The van der Waals surface area contributed by atoms with E-state index in [0.29, 0.717) is 20.9 Å². The number of carboxylic acids is 1. The van der Waals surface area contributed by atoms with Crippen LogP contribution in [0.5, 0.6) is 0 Å². The average molecular weight is 283 g/mol. The van der Waals surface area contributed by atoms with Gasteiger partial charge in [0, 0.05) is 11.4 Å². The van der Waals surface area contributed by atoms with Gasteiger partial charge < -0.3 is 10.1 Å². The number of nitrogens with one attached hydrogen (secondary N) is 1. The molecular weight excluding hydrogens is 274 g/mol. The normalized spacial score (nSPS) is 10.5. The molecular formula is C10H9N3O3S2. The van der Waals surface area contributed by atoms with Crippen LogP contribution in [0.4, 0.5) is 0 Å². The third-order valence-electron chi connectivity index (χ3n) is 1.89. The average Bonchev–Trinajstić information content (AvgIpc) is 2.62. The summed E-state index contributed by atoms with van der Waals surface area (Å²) in [6, 6.07) is 1.38. The Kier molecular flexibility index (Phi) is 3.78. The van der Waals surface area contributed by atoms with Gasteiger partial charge in [0.1, 0.15) is 10.9 Å². The number of rotatable bonds is 4. The van der Waals surface area contributed by atoms with E-state index in [-0.39, 0.29) is 12.0 Å². The van der Waals surface area contributed by atoms with Gasteiger partial charge in [-0.1, -0.05) is 0 Å². The molecule has 2 rings (SSSR count). The molecule has 6 nitrogen and oxygen atoms in total. The van der Waals surface area contributed by atoms with Crippen molar-refractivity contribution in [2.75, 3.05) is 0 Å². The number of carboxylic acid groups (broad SMARTS) is 1. The van der Waals surface area contributed by atoms with E-state index >= 15 is 0 Å². The van der Waals surface area contributed by atoms with Crippen LogP contribution in [-0.2, 0) is 11.2 Å². The van der Waals surface area contributed by atoms with Crippen molar-refractivity contribution in [3.05, 3.63) is 33.3 Å². The van der Waals surface area contributed by atoms with E-state index in [0.717, 1.165) is 0 Å². The Labute approximate surface area is 110 Å². The summed E-state index contributed by atoms with van der Waals surface area (Å²) in [6.07, 6.45) is -0.0983. The van der Waals surface area contributed by atoms with Crippen molar-refractivity contribution in [3.8, 4) is 0 Å². The third kappa shape index (κ3) is 3.41. The molecule has 0 aliphatic rings. The highest BCUT2D eigenvalue weighted by Gasteiger charge is 2.08. The van der Waals surface area contributed by atoms with Crippen molar-refractivity contribution >= 4 is 29.1 Å². The molecule has 8 heteroatoms. The maximum absolute atomic E-state index is 11.2. The zero-order valence-corrected chi connectivity index (χ0v) is 11.0. The second-order valence-electron chi connectivity index (χ2n) is 3.45. The van der Waals surface area contributed by atoms with Crippen molar-refractivity contribution in [1.29, 1.82) is 0 Å². The topological polar surface area (TPSA) is 95.9 Å². The van der Waals surface area contributed by atoms with Crippen LogP contribution in [0.15, 0.2) is 25.6 Å². The SMILES string of the molecule is Cc1nc(Sc2nc(CC(=O)O)cs2)cc(=O)[nH]1. The molecule has 2 aromatic heterocycles. The summed E-state index contributed by atoms with van der Waals surface area (Å²) in [7, 11) is 0. The largest absolute Gasteiger partial charge is 0.481 e. The van der Waals surface area contributed by atoms with Crippen LogP contribution >= 0.6 is 23.1 Å². The Morgan fingerprint density at radius 2 is 2.33 bits per heavy atom. The number of aromatic nitrogens is 3. The van der Waals surface area contributed by atoms with Crippen molar-refractivity contribution in [3.63, 3.8) is 0 Å². The number of aliphatic carboxylic acids is 1. The van der Waals surface area contributed by atoms with Gasteiger partial charge in [0.05, 0.1) is 12.1 Å². The Morgan fingerprint density at radius 3 is 3.00 bits per heavy atom. The number of hydrogen-bond acceptors (Lipinski definition) is 6. The molecule has 2 N–H and O–H groups in total.